The van der Waals surface area contributed by atoms with E-state index < -0.39 is 0 Å². The number of imidazole rings is 1. The molecule has 3 aromatic heterocycles. The number of aryl methyl sites for hydroxylation is 2. The molecule has 4 heteroatoms. The maximum atomic E-state index is 5.04. The van der Waals surface area contributed by atoms with Crippen LogP contribution in [0.2, 0.25) is 0 Å². The molecule has 0 bridgehead atoms. The molecule has 1 aromatic carbocycles. The van der Waals surface area contributed by atoms with E-state index in [1.54, 1.807) is 0 Å². The molecule has 0 amide bonds. The van der Waals surface area contributed by atoms with E-state index in [0.29, 0.717) is 0 Å². The normalized spacial score (nSPS) is 11.9. The van der Waals surface area contributed by atoms with Crippen molar-refractivity contribution in [3.8, 4) is 23.1 Å². The molecule has 0 radical (unpaired) electrons. The minimum absolute atomic E-state index is 0.112. The zero-order valence-electron chi connectivity index (χ0n) is 21.3. The molecule has 0 unspecified atom stereocenters. The second kappa shape index (κ2) is 8.99. The van der Waals surface area contributed by atoms with Gasteiger partial charge in [-0.1, -0.05) is 51.0 Å². The Hall–Kier alpha value is -3.58. The third-order valence-corrected chi connectivity index (χ3v) is 5.63. The number of rotatable bonds is 4. The fraction of sp³-hybridized carbons (Fsp3) is 0.333. The van der Waals surface area contributed by atoms with Crippen LogP contribution < -0.4 is 5.32 Å². The van der Waals surface area contributed by atoms with Gasteiger partial charge in [0.1, 0.15) is 22.9 Å². The molecule has 0 fully saturated rings. The van der Waals surface area contributed by atoms with Crippen LogP contribution in [0.1, 0.15) is 63.7 Å². The molecule has 4 aromatic rings. The fourth-order valence-electron chi connectivity index (χ4n) is 4.75. The predicted octanol–water partition coefficient (Wildman–Crippen LogP) is 7.04. The van der Waals surface area contributed by atoms with Crippen molar-refractivity contribution in [3.63, 3.8) is 0 Å². The van der Waals surface area contributed by atoms with Crippen LogP contribution >= 0.6 is 0 Å². The molecule has 4 nitrogen and oxygen atoms in total. The van der Waals surface area contributed by atoms with Crippen molar-refractivity contribution in [1.29, 1.82) is 0 Å². The van der Waals surface area contributed by atoms with Crippen molar-refractivity contribution in [1.82, 2.24) is 14.4 Å². The number of anilines is 1. The summed E-state index contributed by atoms with van der Waals surface area (Å²) in [4.78, 5) is 9.53. The number of aromatic nitrogens is 3. The highest BCUT2D eigenvalue weighted by molar-refractivity contribution is 5.78. The van der Waals surface area contributed by atoms with E-state index >= 15 is 0 Å². The van der Waals surface area contributed by atoms with Crippen LogP contribution in [0, 0.1) is 31.1 Å². The summed E-state index contributed by atoms with van der Waals surface area (Å²) < 4.78 is 2.22. The van der Waals surface area contributed by atoms with Gasteiger partial charge in [-0.3, -0.25) is 4.40 Å². The predicted molar refractivity (Wildman–Crippen MR) is 142 cm³/mol. The third kappa shape index (κ3) is 5.48. The average Bonchev–Trinajstić information content (AvgIpc) is 3.10. The van der Waals surface area contributed by atoms with Crippen LogP contribution in [0.25, 0.3) is 16.9 Å². The van der Waals surface area contributed by atoms with Crippen LogP contribution in [0.15, 0.2) is 60.7 Å². The fourth-order valence-corrected chi connectivity index (χ4v) is 4.75. The Bertz CT molecular complexity index is 1390. The van der Waals surface area contributed by atoms with E-state index in [0.717, 1.165) is 51.8 Å². The summed E-state index contributed by atoms with van der Waals surface area (Å²) in [5, 5.41) is 3.84. The maximum Gasteiger partial charge on any atom is 0.139 e. The summed E-state index contributed by atoms with van der Waals surface area (Å²) in [6.45, 7) is 15.5. The van der Waals surface area contributed by atoms with Crippen LogP contribution in [-0.2, 0) is 0 Å². The third-order valence-electron chi connectivity index (χ3n) is 5.63. The Morgan fingerprint density at radius 2 is 1.59 bits per heavy atom. The first-order chi connectivity index (χ1) is 16.0. The second-order valence-corrected chi connectivity index (χ2v) is 10.9. The zero-order valence-corrected chi connectivity index (χ0v) is 21.3. The highest BCUT2D eigenvalue weighted by Gasteiger charge is 2.28. The standard InChI is InChI=1S/C30H34N4/c1-21-11-8-15-25(31-21)18-17-23-13-10-14-24(19-23)27-28(33-30(6,7)20-29(3,4)5)34-22(2)12-9-16-26(34)32-27/h8-16,19,33H,20H2,1-7H3. The van der Waals surface area contributed by atoms with Crippen molar-refractivity contribution in [2.45, 2.75) is 60.4 Å². The number of hydrogen-bond acceptors (Lipinski definition) is 3. The van der Waals surface area contributed by atoms with Gasteiger partial charge in [0.2, 0.25) is 0 Å². The van der Waals surface area contributed by atoms with E-state index in [1.165, 1.54) is 0 Å². The largest absolute Gasteiger partial charge is 0.364 e. The molecule has 34 heavy (non-hydrogen) atoms. The van der Waals surface area contributed by atoms with Gasteiger partial charge >= 0.3 is 0 Å². The lowest BCUT2D eigenvalue weighted by Crippen LogP contribution is -2.36. The molecule has 0 atom stereocenters. The number of hydrogen-bond donors (Lipinski definition) is 1. The van der Waals surface area contributed by atoms with Gasteiger partial charge in [0.15, 0.2) is 0 Å². The Labute approximate surface area is 203 Å². The van der Waals surface area contributed by atoms with E-state index in [1.807, 2.05) is 37.3 Å². The van der Waals surface area contributed by atoms with Gasteiger partial charge in [0.25, 0.3) is 0 Å². The van der Waals surface area contributed by atoms with Gasteiger partial charge in [0.05, 0.1) is 0 Å². The van der Waals surface area contributed by atoms with Crippen molar-refractivity contribution < 1.29 is 0 Å². The van der Waals surface area contributed by atoms with Gasteiger partial charge in [-0.15, -0.1) is 0 Å². The molecule has 0 saturated carbocycles. The van der Waals surface area contributed by atoms with Gasteiger partial charge in [-0.05, 0) is 81.8 Å². The second-order valence-electron chi connectivity index (χ2n) is 10.9. The minimum Gasteiger partial charge on any atom is -0.364 e. The maximum absolute atomic E-state index is 5.04. The topological polar surface area (TPSA) is 42.2 Å². The molecule has 0 aliphatic rings. The molecular weight excluding hydrogens is 416 g/mol. The lowest BCUT2D eigenvalue weighted by atomic mass is 9.82. The first-order valence-corrected chi connectivity index (χ1v) is 11.8. The molecule has 0 spiro atoms. The van der Waals surface area contributed by atoms with Gasteiger partial charge < -0.3 is 5.32 Å². The first kappa shape index (κ1) is 23.6. The highest BCUT2D eigenvalue weighted by Crippen LogP contribution is 2.35. The smallest absolute Gasteiger partial charge is 0.139 e. The highest BCUT2D eigenvalue weighted by atomic mass is 15.2. The van der Waals surface area contributed by atoms with Crippen molar-refractivity contribution in [2.24, 2.45) is 5.41 Å². The Kier molecular flexibility index (Phi) is 6.23. The average molecular weight is 451 g/mol. The monoisotopic (exact) mass is 450 g/mol. The molecular formula is C30H34N4. The number of benzene rings is 1. The minimum atomic E-state index is -0.112. The summed E-state index contributed by atoms with van der Waals surface area (Å²) in [7, 11) is 0. The van der Waals surface area contributed by atoms with E-state index in [-0.39, 0.29) is 11.0 Å². The van der Waals surface area contributed by atoms with Crippen LogP contribution in [0.3, 0.4) is 0 Å². The number of fused-ring (bicyclic) bond motifs is 1. The molecule has 1 N–H and O–H groups in total. The summed E-state index contributed by atoms with van der Waals surface area (Å²) in [5.74, 6) is 7.49. The lowest BCUT2D eigenvalue weighted by Gasteiger charge is -2.34. The number of nitrogens with one attached hydrogen (secondary N) is 1. The van der Waals surface area contributed by atoms with Crippen molar-refractivity contribution >= 4 is 11.5 Å². The van der Waals surface area contributed by atoms with E-state index in [9.17, 15) is 0 Å². The summed E-state index contributed by atoms with van der Waals surface area (Å²) >= 11 is 0. The summed E-state index contributed by atoms with van der Waals surface area (Å²) in [5.41, 5.74) is 6.83. The Morgan fingerprint density at radius 3 is 2.32 bits per heavy atom. The Balaban J connectivity index is 1.79. The molecule has 3 heterocycles. The van der Waals surface area contributed by atoms with Crippen LogP contribution in [-0.4, -0.2) is 19.9 Å². The van der Waals surface area contributed by atoms with Gasteiger partial charge in [0, 0.05) is 28.1 Å². The van der Waals surface area contributed by atoms with E-state index in [2.05, 4.69) is 98.4 Å². The molecule has 4 rings (SSSR count). The van der Waals surface area contributed by atoms with Crippen molar-refractivity contribution in [3.05, 3.63) is 83.3 Å². The zero-order chi connectivity index (χ0) is 24.5. The SMILES string of the molecule is Cc1cccc(C#Cc2cccc(-c3nc4cccc(C)n4c3NC(C)(C)CC(C)(C)C)c2)n1. The lowest BCUT2D eigenvalue weighted by molar-refractivity contribution is 0.302. The van der Waals surface area contributed by atoms with Crippen LogP contribution in [0.5, 0.6) is 0 Å². The van der Waals surface area contributed by atoms with Crippen LogP contribution in [0.4, 0.5) is 5.82 Å². The summed E-state index contributed by atoms with van der Waals surface area (Å²) in [6, 6.07) is 20.4. The molecule has 174 valence electrons. The van der Waals surface area contributed by atoms with Crippen molar-refractivity contribution in [2.75, 3.05) is 5.32 Å². The Morgan fingerprint density at radius 1 is 0.853 bits per heavy atom. The van der Waals surface area contributed by atoms with E-state index in [4.69, 9.17) is 4.98 Å². The number of pyridine rings is 2. The molecule has 0 aliphatic heterocycles. The van der Waals surface area contributed by atoms with Gasteiger partial charge in [-0.2, -0.15) is 0 Å². The quantitative estimate of drug-likeness (QED) is 0.339. The first-order valence-electron chi connectivity index (χ1n) is 11.8. The molecule has 0 aliphatic carbocycles. The summed E-state index contributed by atoms with van der Waals surface area (Å²) in [6.07, 6.45) is 1.02. The molecule has 0 saturated heterocycles. The van der Waals surface area contributed by atoms with Gasteiger partial charge in [-0.25, -0.2) is 9.97 Å². The number of nitrogens with zero attached hydrogens (tertiary/aromatic N) is 3.